The highest BCUT2D eigenvalue weighted by molar-refractivity contribution is 5.92. The van der Waals surface area contributed by atoms with Gasteiger partial charge in [-0.05, 0) is 71.8 Å². The fourth-order valence-electron chi connectivity index (χ4n) is 4.81. The van der Waals surface area contributed by atoms with Crippen LogP contribution in [-0.2, 0) is 6.18 Å². The molecule has 1 heterocycles. The van der Waals surface area contributed by atoms with Gasteiger partial charge < -0.3 is 5.73 Å². The molecule has 1 aliphatic carbocycles. The molecule has 3 aromatic carbocycles. The Hall–Kier alpha value is -3.61. The number of fused-ring (bicyclic) bond motifs is 1. The summed E-state index contributed by atoms with van der Waals surface area (Å²) in [5.41, 5.74) is 8.79. The van der Waals surface area contributed by atoms with Gasteiger partial charge in [0.15, 0.2) is 0 Å². The molecule has 0 bridgehead atoms. The largest absolute Gasteiger partial charge is 0.416 e. The Kier molecular flexibility index (Phi) is 6.09. The lowest BCUT2D eigenvalue weighted by atomic mass is 9.80. The van der Waals surface area contributed by atoms with Gasteiger partial charge in [0.1, 0.15) is 0 Å². The molecule has 0 aliphatic heterocycles. The number of hydrogen-bond donors (Lipinski definition) is 1. The van der Waals surface area contributed by atoms with E-state index in [0.717, 1.165) is 58.5 Å². The topological polar surface area (TPSA) is 60.9 Å². The van der Waals surface area contributed by atoms with Crippen molar-refractivity contribution in [3.8, 4) is 11.1 Å². The van der Waals surface area contributed by atoms with Gasteiger partial charge >= 0.3 is 6.18 Å². The van der Waals surface area contributed by atoms with E-state index in [1.165, 1.54) is 31.4 Å². The molecule has 0 saturated heterocycles. The Morgan fingerprint density at radius 2 is 1.69 bits per heavy atom. The van der Waals surface area contributed by atoms with E-state index in [9.17, 15) is 18.0 Å². The minimum Gasteiger partial charge on any atom is -0.366 e. The lowest BCUT2D eigenvalue weighted by Crippen LogP contribution is -2.17. The van der Waals surface area contributed by atoms with Gasteiger partial charge in [-0.15, -0.1) is 0 Å². The number of hydrogen-bond acceptors (Lipinski definition) is 2. The lowest BCUT2D eigenvalue weighted by Gasteiger charge is -2.28. The second kappa shape index (κ2) is 9.21. The Morgan fingerprint density at radius 1 is 1.00 bits per heavy atom. The van der Waals surface area contributed by atoms with E-state index < -0.39 is 17.6 Å². The second-order valence-corrected chi connectivity index (χ2v) is 9.31. The van der Waals surface area contributed by atoms with Crippen LogP contribution in [0.3, 0.4) is 0 Å². The average Bonchev–Trinajstić information content (AvgIpc) is 3.23. The summed E-state index contributed by atoms with van der Waals surface area (Å²) in [4.78, 5) is 11.5. The SMILES string of the molecule is NC(=O)c1ccc(C(CCC2CCC2)n2ncc3cc(-c4ccc(C(F)(F)F)cc4)ccc32)cc1. The second-order valence-electron chi connectivity index (χ2n) is 9.31. The third kappa shape index (κ3) is 4.81. The Balaban J connectivity index is 1.47. The molecule has 1 aromatic heterocycles. The van der Waals surface area contributed by atoms with Crippen LogP contribution in [0, 0.1) is 5.92 Å². The van der Waals surface area contributed by atoms with Gasteiger partial charge in [0.2, 0.25) is 5.91 Å². The van der Waals surface area contributed by atoms with Gasteiger partial charge in [-0.1, -0.05) is 49.6 Å². The van der Waals surface area contributed by atoms with Gasteiger partial charge in [0.25, 0.3) is 0 Å². The van der Waals surface area contributed by atoms with E-state index in [-0.39, 0.29) is 6.04 Å². The highest BCUT2D eigenvalue weighted by atomic mass is 19.4. The molecule has 2 N–H and O–H groups in total. The fraction of sp³-hybridized carbons (Fsp3) is 0.286. The van der Waals surface area contributed by atoms with Crippen molar-refractivity contribution in [2.45, 2.75) is 44.3 Å². The maximum atomic E-state index is 12.9. The third-order valence-corrected chi connectivity index (χ3v) is 7.09. The first kappa shape index (κ1) is 23.1. The molecule has 1 amide bonds. The number of alkyl halides is 3. The minimum atomic E-state index is -4.35. The Morgan fingerprint density at radius 3 is 2.29 bits per heavy atom. The van der Waals surface area contributed by atoms with Crippen molar-refractivity contribution in [1.29, 1.82) is 0 Å². The van der Waals surface area contributed by atoms with Crippen molar-refractivity contribution in [2.24, 2.45) is 11.7 Å². The number of aromatic nitrogens is 2. The maximum Gasteiger partial charge on any atom is 0.416 e. The van der Waals surface area contributed by atoms with E-state index in [0.29, 0.717) is 5.56 Å². The molecule has 5 rings (SSSR count). The third-order valence-electron chi connectivity index (χ3n) is 7.09. The van der Waals surface area contributed by atoms with Gasteiger partial charge in [-0.25, -0.2) is 0 Å². The zero-order valence-electron chi connectivity index (χ0n) is 19.1. The van der Waals surface area contributed by atoms with E-state index in [1.807, 2.05) is 35.0 Å². The van der Waals surface area contributed by atoms with Crippen LogP contribution < -0.4 is 5.73 Å². The molecule has 1 saturated carbocycles. The van der Waals surface area contributed by atoms with Gasteiger partial charge in [-0.2, -0.15) is 18.3 Å². The Bertz CT molecular complexity index is 1340. The summed E-state index contributed by atoms with van der Waals surface area (Å²) in [6.45, 7) is 0. The summed E-state index contributed by atoms with van der Waals surface area (Å²) in [5.74, 6) is 0.290. The van der Waals surface area contributed by atoms with E-state index in [2.05, 4.69) is 0 Å². The highest BCUT2D eigenvalue weighted by Gasteiger charge is 2.30. The van der Waals surface area contributed by atoms with Crippen molar-refractivity contribution < 1.29 is 18.0 Å². The number of carbonyl (C=O) groups is 1. The summed E-state index contributed by atoms with van der Waals surface area (Å²) < 4.78 is 40.8. The van der Waals surface area contributed by atoms with E-state index in [4.69, 9.17) is 10.8 Å². The normalized spacial score (nSPS) is 15.2. The van der Waals surface area contributed by atoms with Crippen LogP contribution in [0.15, 0.2) is 72.9 Å². The first-order valence-electron chi connectivity index (χ1n) is 11.8. The smallest absolute Gasteiger partial charge is 0.366 e. The summed E-state index contributed by atoms with van der Waals surface area (Å²) in [7, 11) is 0. The lowest BCUT2D eigenvalue weighted by molar-refractivity contribution is -0.137. The van der Waals surface area contributed by atoms with Crippen LogP contribution in [-0.4, -0.2) is 15.7 Å². The summed E-state index contributed by atoms with van der Waals surface area (Å²) >= 11 is 0. The summed E-state index contributed by atoms with van der Waals surface area (Å²) in [6, 6.07) is 18.4. The van der Waals surface area contributed by atoms with Crippen molar-refractivity contribution in [2.75, 3.05) is 0 Å². The molecule has 4 nitrogen and oxygen atoms in total. The van der Waals surface area contributed by atoms with Crippen LogP contribution >= 0.6 is 0 Å². The fourth-order valence-corrected chi connectivity index (χ4v) is 4.81. The molecular formula is C28H26F3N3O. The molecule has 1 aliphatic rings. The van der Waals surface area contributed by atoms with Gasteiger partial charge in [-0.3, -0.25) is 9.48 Å². The van der Waals surface area contributed by atoms with Gasteiger partial charge in [0.05, 0.1) is 23.3 Å². The predicted molar refractivity (Wildman–Crippen MR) is 130 cm³/mol. The average molecular weight is 478 g/mol. The molecular weight excluding hydrogens is 451 g/mol. The van der Waals surface area contributed by atoms with Crippen LogP contribution in [0.2, 0.25) is 0 Å². The van der Waals surface area contributed by atoms with Crippen LogP contribution in [0.4, 0.5) is 13.2 Å². The van der Waals surface area contributed by atoms with Crippen LogP contribution in [0.5, 0.6) is 0 Å². The number of nitrogens with two attached hydrogens (primary N) is 1. The number of carbonyl (C=O) groups excluding carboxylic acids is 1. The maximum absolute atomic E-state index is 12.9. The van der Waals surface area contributed by atoms with Gasteiger partial charge in [0, 0.05) is 10.9 Å². The number of halogens is 3. The number of benzene rings is 3. The first-order chi connectivity index (χ1) is 16.8. The van der Waals surface area contributed by atoms with Crippen molar-refractivity contribution in [3.63, 3.8) is 0 Å². The highest BCUT2D eigenvalue weighted by Crippen LogP contribution is 2.36. The number of rotatable bonds is 7. The molecule has 1 fully saturated rings. The number of nitrogens with zero attached hydrogens (tertiary/aromatic N) is 2. The van der Waals surface area contributed by atoms with Crippen molar-refractivity contribution in [3.05, 3.63) is 89.6 Å². The quantitative estimate of drug-likeness (QED) is 0.312. The standard InChI is InChI=1S/C28H26F3N3O/c29-28(30,31)24-12-9-19(10-13-24)22-11-15-26-23(16-22)17-33-34(26)25(14-4-18-2-1-3-18)20-5-7-21(8-6-20)27(32)35/h5-13,15-18,25H,1-4,14H2,(H2,32,35). The summed E-state index contributed by atoms with van der Waals surface area (Å²) in [6.07, 6.45) is 3.31. The molecule has 0 radical (unpaired) electrons. The number of amides is 1. The van der Waals surface area contributed by atoms with Crippen LogP contribution in [0.25, 0.3) is 22.0 Å². The van der Waals surface area contributed by atoms with E-state index >= 15 is 0 Å². The zero-order valence-corrected chi connectivity index (χ0v) is 19.1. The molecule has 4 aromatic rings. The minimum absolute atomic E-state index is 0.00643. The predicted octanol–water partition coefficient (Wildman–Crippen LogP) is 6.99. The van der Waals surface area contributed by atoms with Crippen molar-refractivity contribution in [1.82, 2.24) is 9.78 Å². The van der Waals surface area contributed by atoms with Crippen LogP contribution in [0.1, 0.15) is 59.6 Å². The monoisotopic (exact) mass is 477 g/mol. The van der Waals surface area contributed by atoms with Crippen molar-refractivity contribution >= 4 is 16.8 Å². The number of primary amides is 1. The van der Waals surface area contributed by atoms with E-state index in [1.54, 1.807) is 18.3 Å². The molecule has 35 heavy (non-hydrogen) atoms. The molecule has 0 spiro atoms. The molecule has 1 atom stereocenters. The zero-order chi connectivity index (χ0) is 24.6. The summed E-state index contributed by atoms with van der Waals surface area (Å²) in [5, 5.41) is 5.63. The molecule has 180 valence electrons. The first-order valence-corrected chi connectivity index (χ1v) is 11.8. The molecule has 1 unspecified atom stereocenters. The molecule has 7 heteroatoms. The Labute approximate surface area is 201 Å².